The maximum Gasteiger partial charge on any atom is 0.321 e. The molecule has 2 atom stereocenters. The van der Waals surface area contributed by atoms with Crippen LogP contribution in [0.4, 0.5) is 16.2 Å². The van der Waals surface area contributed by atoms with Gasteiger partial charge in [-0.1, -0.05) is 19.4 Å². The molecular formula is C20H30N4O3. The monoisotopic (exact) mass is 374 g/mol. The number of rotatable bonds is 4. The van der Waals surface area contributed by atoms with Gasteiger partial charge in [-0.05, 0) is 50.6 Å². The molecule has 0 aliphatic carbocycles. The van der Waals surface area contributed by atoms with Crippen molar-refractivity contribution >= 4 is 23.3 Å². The summed E-state index contributed by atoms with van der Waals surface area (Å²) in [5, 5.41) is 16.2. The van der Waals surface area contributed by atoms with E-state index in [0.717, 1.165) is 31.5 Å². The fourth-order valence-corrected chi connectivity index (χ4v) is 3.82. The van der Waals surface area contributed by atoms with Crippen LogP contribution >= 0.6 is 0 Å². The van der Waals surface area contributed by atoms with E-state index in [2.05, 4.69) is 15.5 Å². The van der Waals surface area contributed by atoms with Gasteiger partial charge in [-0.25, -0.2) is 4.79 Å². The first-order valence-corrected chi connectivity index (χ1v) is 9.86. The number of hydrogen-bond acceptors (Lipinski definition) is 4. The van der Waals surface area contributed by atoms with Gasteiger partial charge in [0.1, 0.15) is 0 Å². The molecule has 0 spiro atoms. The molecule has 0 aromatic heterocycles. The number of aliphatic hydroxyl groups is 1. The second-order valence-corrected chi connectivity index (χ2v) is 7.50. The number of amides is 3. The highest BCUT2D eigenvalue weighted by Gasteiger charge is 2.37. The van der Waals surface area contributed by atoms with Gasteiger partial charge in [-0.15, -0.1) is 0 Å². The molecule has 3 N–H and O–H groups in total. The first-order chi connectivity index (χ1) is 13.0. The number of nitrogens with zero attached hydrogens (tertiary/aromatic N) is 2. The van der Waals surface area contributed by atoms with Gasteiger partial charge in [0, 0.05) is 24.3 Å². The highest BCUT2D eigenvalue weighted by atomic mass is 16.3. The van der Waals surface area contributed by atoms with Gasteiger partial charge in [0.25, 0.3) is 0 Å². The second kappa shape index (κ2) is 8.71. The molecule has 0 radical (unpaired) electrons. The Bertz CT molecular complexity index is 688. The van der Waals surface area contributed by atoms with Crippen LogP contribution < -0.4 is 10.6 Å². The van der Waals surface area contributed by atoms with Crippen LogP contribution in [0.2, 0.25) is 0 Å². The molecule has 2 heterocycles. The Hall–Kier alpha value is -2.12. The van der Waals surface area contributed by atoms with E-state index in [1.807, 2.05) is 19.1 Å². The standard InChI is InChI=1S/C20H30N4O3/c1-3-19(26)22-16-11-15(8-7-14(16)2)21-20(27)24-12-17(18(25)13-24)23-9-5-4-6-10-23/h7-8,11,17-18,25H,3-6,9-10,12-13H2,1-2H3,(H,21,27)(H,22,26)/t17-,18-/m0/s1. The fraction of sp³-hybridized carbons (Fsp3) is 0.600. The van der Waals surface area contributed by atoms with Gasteiger partial charge < -0.3 is 20.6 Å². The smallest absolute Gasteiger partial charge is 0.321 e. The van der Waals surface area contributed by atoms with Gasteiger partial charge in [0.2, 0.25) is 5.91 Å². The largest absolute Gasteiger partial charge is 0.390 e. The van der Waals surface area contributed by atoms with E-state index in [1.165, 1.54) is 6.42 Å². The molecule has 3 amide bonds. The summed E-state index contributed by atoms with van der Waals surface area (Å²) in [4.78, 5) is 28.3. The number of aryl methyl sites for hydroxylation is 1. The predicted octanol–water partition coefficient (Wildman–Crippen LogP) is 2.41. The predicted molar refractivity (Wildman–Crippen MR) is 106 cm³/mol. The quantitative estimate of drug-likeness (QED) is 0.756. The number of β-amino-alcohol motifs (C(OH)–C–C–N with tert-alkyl or cyclic N) is 1. The lowest BCUT2D eigenvalue weighted by Crippen LogP contribution is -2.46. The second-order valence-electron chi connectivity index (χ2n) is 7.50. The number of anilines is 2. The lowest BCUT2D eigenvalue weighted by molar-refractivity contribution is -0.115. The minimum Gasteiger partial charge on any atom is -0.390 e. The molecule has 148 valence electrons. The molecule has 7 nitrogen and oxygen atoms in total. The summed E-state index contributed by atoms with van der Waals surface area (Å²) in [5.74, 6) is -0.0615. The highest BCUT2D eigenvalue weighted by molar-refractivity contribution is 5.94. The Morgan fingerprint density at radius 3 is 2.59 bits per heavy atom. The van der Waals surface area contributed by atoms with Crippen molar-refractivity contribution in [2.75, 3.05) is 36.8 Å². The molecule has 1 aromatic rings. The van der Waals surface area contributed by atoms with Crippen molar-refractivity contribution in [3.63, 3.8) is 0 Å². The van der Waals surface area contributed by atoms with Gasteiger partial charge in [0.15, 0.2) is 0 Å². The number of likely N-dealkylation sites (tertiary alicyclic amines) is 2. The maximum absolute atomic E-state index is 12.7. The van der Waals surface area contributed by atoms with Crippen molar-refractivity contribution in [3.05, 3.63) is 23.8 Å². The van der Waals surface area contributed by atoms with E-state index < -0.39 is 6.10 Å². The third-order valence-electron chi connectivity index (χ3n) is 5.49. The van der Waals surface area contributed by atoms with E-state index in [0.29, 0.717) is 30.9 Å². The van der Waals surface area contributed by atoms with Crippen LogP contribution in [0.3, 0.4) is 0 Å². The average Bonchev–Trinajstić information content (AvgIpc) is 3.07. The Balaban J connectivity index is 1.62. The molecule has 3 rings (SSSR count). The summed E-state index contributed by atoms with van der Waals surface area (Å²) >= 11 is 0. The Morgan fingerprint density at radius 2 is 1.89 bits per heavy atom. The number of carbonyl (C=O) groups is 2. The van der Waals surface area contributed by atoms with Crippen LogP contribution in [0.15, 0.2) is 18.2 Å². The Kier molecular flexibility index (Phi) is 6.34. The number of piperidine rings is 1. The maximum atomic E-state index is 12.7. The average molecular weight is 374 g/mol. The highest BCUT2D eigenvalue weighted by Crippen LogP contribution is 2.23. The fourth-order valence-electron chi connectivity index (χ4n) is 3.82. The minimum absolute atomic E-state index is 0.0217. The van der Waals surface area contributed by atoms with Gasteiger partial charge >= 0.3 is 6.03 Å². The molecule has 0 unspecified atom stereocenters. The summed E-state index contributed by atoms with van der Waals surface area (Å²) in [7, 11) is 0. The molecule has 27 heavy (non-hydrogen) atoms. The number of hydrogen-bond donors (Lipinski definition) is 3. The Morgan fingerprint density at radius 1 is 1.15 bits per heavy atom. The van der Waals surface area contributed by atoms with Crippen LogP contribution in [0.5, 0.6) is 0 Å². The summed E-state index contributed by atoms with van der Waals surface area (Å²) in [6, 6.07) is 5.27. The molecule has 2 fully saturated rings. The van der Waals surface area contributed by atoms with Crippen molar-refractivity contribution in [3.8, 4) is 0 Å². The number of carbonyl (C=O) groups excluding carboxylic acids is 2. The lowest BCUT2D eigenvalue weighted by Gasteiger charge is -2.33. The van der Waals surface area contributed by atoms with Crippen LogP contribution in [0.25, 0.3) is 0 Å². The van der Waals surface area contributed by atoms with E-state index in [1.54, 1.807) is 17.9 Å². The topological polar surface area (TPSA) is 84.9 Å². The van der Waals surface area contributed by atoms with Crippen LogP contribution in [-0.4, -0.2) is 65.2 Å². The van der Waals surface area contributed by atoms with Crippen molar-refractivity contribution in [2.45, 2.75) is 51.7 Å². The number of benzene rings is 1. The van der Waals surface area contributed by atoms with Crippen molar-refractivity contribution in [1.29, 1.82) is 0 Å². The molecule has 2 aliphatic heterocycles. The SMILES string of the molecule is CCC(=O)Nc1cc(NC(=O)N2C[C@H](O)[C@@H](N3CCCCC3)C2)ccc1C. The van der Waals surface area contributed by atoms with E-state index in [-0.39, 0.29) is 18.0 Å². The molecule has 0 bridgehead atoms. The van der Waals surface area contributed by atoms with Crippen LogP contribution in [-0.2, 0) is 4.79 Å². The number of aliphatic hydroxyl groups excluding tert-OH is 1. The molecule has 2 saturated heterocycles. The normalized spacial score (nSPS) is 23.3. The zero-order valence-electron chi connectivity index (χ0n) is 16.2. The van der Waals surface area contributed by atoms with Crippen molar-refractivity contribution in [1.82, 2.24) is 9.80 Å². The van der Waals surface area contributed by atoms with Crippen molar-refractivity contribution in [2.24, 2.45) is 0 Å². The van der Waals surface area contributed by atoms with Crippen molar-refractivity contribution < 1.29 is 14.7 Å². The van der Waals surface area contributed by atoms with Crippen LogP contribution in [0, 0.1) is 6.92 Å². The molecule has 7 heteroatoms. The third-order valence-corrected chi connectivity index (χ3v) is 5.49. The molecule has 2 aliphatic rings. The first-order valence-electron chi connectivity index (χ1n) is 9.86. The summed E-state index contributed by atoms with van der Waals surface area (Å²) in [5.41, 5.74) is 2.27. The Labute approximate surface area is 160 Å². The van der Waals surface area contributed by atoms with E-state index >= 15 is 0 Å². The van der Waals surface area contributed by atoms with Crippen LogP contribution in [0.1, 0.15) is 38.2 Å². The summed E-state index contributed by atoms with van der Waals surface area (Å²) in [6.45, 7) is 6.59. The molecule has 0 saturated carbocycles. The summed E-state index contributed by atoms with van der Waals surface area (Å²) in [6.07, 6.45) is 3.45. The molecule has 1 aromatic carbocycles. The zero-order chi connectivity index (χ0) is 19.4. The molecular weight excluding hydrogens is 344 g/mol. The summed E-state index contributed by atoms with van der Waals surface area (Å²) < 4.78 is 0. The third kappa shape index (κ3) is 4.78. The van der Waals surface area contributed by atoms with E-state index in [9.17, 15) is 14.7 Å². The minimum atomic E-state index is -0.508. The zero-order valence-corrected chi connectivity index (χ0v) is 16.2. The van der Waals surface area contributed by atoms with Gasteiger partial charge in [-0.2, -0.15) is 0 Å². The van der Waals surface area contributed by atoms with Gasteiger partial charge in [-0.3, -0.25) is 9.69 Å². The van der Waals surface area contributed by atoms with E-state index in [4.69, 9.17) is 0 Å². The first kappa shape index (κ1) is 19.6. The number of nitrogens with one attached hydrogen (secondary N) is 2. The lowest BCUT2D eigenvalue weighted by atomic mass is 10.1. The number of urea groups is 1. The van der Waals surface area contributed by atoms with Gasteiger partial charge in [0.05, 0.1) is 18.7 Å².